The van der Waals surface area contributed by atoms with Crippen molar-refractivity contribution in [1.29, 1.82) is 0 Å². The van der Waals surface area contributed by atoms with Crippen molar-refractivity contribution < 1.29 is 14.9 Å². The average molecular weight is 175 g/mol. The summed E-state index contributed by atoms with van der Waals surface area (Å²) in [6.07, 6.45) is -0.910. The zero-order valence-electron chi connectivity index (χ0n) is 7.74. The van der Waals surface area contributed by atoms with Gasteiger partial charge in [-0.2, -0.15) is 0 Å². The summed E-state index contributed by atoms with van der Waals surface area (Å²) in [5, 5.41) is 19.2. The molecule has 0 amide bonds. The number of nitrogens with two attached hydrogens (primary N) is 1. The number of ether oxygens (including phenoxy) is 1. The van der Waals surface area contributed by atoms with E-state index in [9.17, 15) is 10.2 Å². The Balaban J connectivity index is 2.80. The Kier molecular flexibility index (Phi) is 2.21. The van der Waals surface area contributed by atoms with Gasteiger partial charge in [0, 0.05) is 12.0 Å². The summed E-state index contributed by atoms with van der Waals surface area (Å²) in [5.41, 5.74) is 5.02. The molecule has 0 radical (unpaired) electrons. The molecular weight excluding hydrogens is 158 g/mol. The summed E-state index contributed by atoms with van der Waals surface area (Å²) in [4.78, 5) is 0. The molecule has 1 saturated heterocycles. The van der Waals surface area contributed by atoms with Crippen molar-refractivity contribution in [2.45, 2.75) is 50.7 Å². The van der Waals surface area contributed by atoms with Gasteiger partial charge in [0.1, 0.15) is 0 Å². The molecule has 12 heavy (non-hydrogen) atoms. The molecule has 4 atom stereocenters. The van der Waals surface area contributed by atoms with Crippen molar-refractivity contribution in [2.75, 3.05) is 0 Å². The SMILES string of the molecule is CC1OC(C)(O)CC(C)(N)C1O. The van der Waals surface area contributed by atoms with Crippen molar-refractivity contribution in [2.24, 2.45) is 5.73 Å². The zero-order chi connectivity index (χ0) is 9.57. The standard InChI is InChI=1S/C8H17NO3/c1-5-6(10)7(2,9)4-8(3,11)12-5/h5-6,10-11H,4,9H2,1-3H3. The van der Waals surface area contributed by atoms with Crippen molar-refractivity contribution in [3.05, 3.63) is 0 Å². The first kappa shape index (κ1) is 9.92. The topological polar surface area (TPSA) is 75.7 Å². The minimum absolute atomic E-state index is 0.242. The fourth-order valence-corrected chi connectivity index (χ4v) is 1.85. The molecule has 4 unspecified atom stereocenters. The molecule has 4 N–H and O–H groups in total. The minimum Gasteiger partial charge on any atom is -0.389 e. The minimum atomic E-state index is -1.22. The molecule has 0 aromatic rings. The molecule has 1 aliphatic rings. The fraction of sp³-hybridized carbons (Fsp3) is 1.00. The molecule has 4 heteroatoms. The fourth-order valence-electron chi connectivity index (χ4n) is 1.85. The van der Waals surface area contributed by atoms with Crippen LogP contribution in [0.1, 0.15) is 27.2 Å². The predicted octanol–water partition coefficient (Wildman–Crippen LogP) is -0.418. The van der Waals surface area contributed by atoms with Crippen molar-refractivity contribution in [3.8, 4) is 0 Å². The third-order valence-electron chi connectivity index (χ3n) is 2.27. The van der Waals surface area contributed by atoms with Crippen LogP contribution in [-0.4, -0.2) is 33.7 Å². The Bertz CT molecular complexity index is 179. The van der Waals surface area contributed by atoms with Gasteiger partial charge in [-0.15, -0.1) is 0 Å². The van der Waals surface area contributed by atoms with E-state index in [0.29, 0.717) is 0 Å². The van der Waals surface area contributed by atoms with Gasteiger partial charge in [0.2, 0.25) is 0 Å². The lowest BCUT2D eigenvalue weighted by molar-refractivity contribution is -0.279. The van der Waals surface area contributed by atoms with Crippen LogP contribution in [0.3, 0.4) is 0 Å². The first-order valence-electron chi connectivity index (χ1n) is 4.12. The smallest absolute Gasteiger partial charge is 0.164 e. The van der Waals surface area contributed by atoms with Gasteiger partial charge < -0.3 is 20.7 Å². The first-order valence-corrected chi connectivity index (χ1v) is 4.12. The molecule has 4 nitrogen and oxygen atoms in total. The Labute approximate surface area is 72.3 Å². The maximum Gasteiger partial charge on any atom is 0.164 e. The summed E-state index contributed by atoms with van der Waals surface area (Å²) < 4.78 is 5.15. The molecule has 1 rings (SSSR count). The molecule has 72 valence electrons. The van der Waals surface area contributed by atoms with E-state index >= 15 is 0 Å². The van der Waals surface area contributed by atoms with Crippen molar-refractivity contribution in [3.63, 3.8) is 0 Å². The maximum absolute atomic E-state index is 9.58. The van der Waals surface area contributed by atoms with Crippen LogP contribution in [0.4, 0.5) is 0 Å². The number of hydrogen-bond donors (Lipinski definition) is 3. The Morgan fingerprint density at radius 3 is 2.42 bits per heavy atom. The largest absolute Gasteiger partial charge is 0.389 e. The molecule has 0 aliphatic carbocycles. The number of aliphatic hydroxyl groups excluding tert-OH is 1. The van der Waals surface area contributed by atoms with E-state index in [4.69, 9.17) is 10.5 Å². The van der Waals surface area contributed by atoms with Crippen LogP contribution < -0.4 is 5.73 Å². The second kappa shape index (κ2) is 2.67. The van der Waals surface area contributed by atoms with Crippen LogP contribution in [0.15, 0.2) is 0 Å². The van der Waals surface area contributed by atoms with Gasteiger partial charge in [0.05, 0.1) is 12.2 Å². The van der Waals surface area contributed by atoms with E-state index in [1.165, 1.54) is 0 Å². The van der Waals surface area contributed by atoms with E-state index in [1.54, 1.807) is 20.8 Å². The van der Waals surface area contributed by atoms with Crippen molar-refractivity contribution in [1.82, 2.24) is 0 Å². The van der Waals surface area contributed by atoms with Gasteiger partial charge in [-0.25, -0.2) is 0 Å². The third-order valence-corrected chi connectivity index (χ3v) is 2.27. The van der Waals surface area contributed by atoms with Gasteiger partial charge >= 0.3 is 0 Å². The van der Waals surface area contributed by atoms with E-state index in [2.05, 4.69) is 0 Å². The highest BCUT2D eigenvalue weighted by molar-refractivity contribution is 4.97. The predicted molar refractivity (Wildman–Crippen MR) is 44.4 cm³/mol. The van der Waals surface area contributed by atoms with Crippen LogP contribution >= 0.6 is 0 Å². The number of aliphatic hydroxyl groups is 2. The summed E-state index contributed by atoms with van der Waals surface area (Å²) in [5.74, 6) is -1.22. The molecule has 0 saturated carbocycles. The molecule has 1 aliphatic heterocycles. The van der Waals surface area contributed by atoms with E-state index in [0.717, 1.165) is 0 Å². The Hall–Kier alpha value is -0.160. The summed E-state index contributed by atoms with van der Waals surface area (Å²) in [6.45, 7) is 4.97. The van der Waals surface area contributed by atoms with Gasteiger partial charge in [-0.3, -0.25) is 0 Å². The molecule has 0 aromatic carbocycles. The van der Waals surface area contributed by atoms with Crippen LogP contribution in [0, 0.1) is 0 Å². The molecule has 1 fully saturated rings. The lowest BCUT2D eigenvalue weighted by atomic mass is 9.83. The molecular formula is C8H17NO3. The van der Waals surface area contributed by atoms with Gasteiger partial charge in [0.25, 0.3) is 0 Å². The Morgan fingerprint density at radius 2 is 2.00 bits per heavy atom. The third kappa shape index (κ3) is 1.77. The highest BCUT2D eigenvalue weighted by Crippen LogP contribution is 2.32. The van der Waals surface area contributed by atoms with E-state index in [1.807, 2.05) is 0 Å². The number of hydrogen-bond acceptors (Lipinski definition) is 4. The highest BCUT2D eigenvalue weighted by Gasteiger charge is 2.46. The number of rotatable bonds is 0. The molecule has 0 aromatic heterocycles. The first-order chi connectivity index (χ1) is 5.25. The lowest BCUT2D eigenvalue weighted by Crippen LogP contribution is -2.63. The normalized spacial score (nSPS) is 55.5. The van der Waals surface area contributed by atoms with E-state index in [-0.39, 0.29) is 6.42 Å². The average Bonchev–Trinajstić information content (AvgIpc) is 1.79. The second-order valence-corrected chi connectivity index (χ2v) is 4.13. The highest BCUT2D eigenvalue weighted by atomic mass is 16.6. The summed E-state index contributed by atoms with van der Waals surface area (Å²) in [6, 6.07) is 0. The zero-order valence-corrected chi connectivity index (χ0v) is 7.74. The van der Waals surface area contributed by atoms with Gasteiger partial charge in [-0.05, 0) is 20.8 Å². The van der Waals surface area contributed by atoms with Gasteiger partial charge in [-0.1, -0.05) is 0 Å². The quantitative estimate of drug-likeness (QED) is 0.467. The maximum atomic E-state index is 9.58. The Morgan fingerprint density at radius 1 is 1.50 bits per heavy atom. The lowest BCUT2D eigenvalue weighted by Gasteiger charge is -2.46. The second-order valence-electron chi connectivity index (χ2n) is 4.13. The molecule has 0 spiro atoms. The molecule has 0 bridgehead atoms. The summed E-state index contributed by atoms with van der Waals surface area (Å²) in [7, 11) is 0. The van der Waals surface area contributed by atoms with Crippen LogP contribution in [0.2, 0.25) is 0 Å². The summed E-state index contributed by atoms with van der Waals surface area (Å²) >= 11 is 0. The monoisotopic (exact) mass is 175 g/mol. The van der Waals surface area contributed by atoms with Crippen molar-refractivity contribution >= 4 is 0 Å². The van der Waals surface area contributed by atoms with Crippen LogP contribution in [-0.2, 0) is 4.74 Å². The van der Waals surface area contributed by atoms with Crippen LogP contribution in [0.5, 0.6) is 0 Å². The van der Waals surface area contributed by atoms with Crippen LogP contribution in [0.25, 0.3) is 0 Å². The molecule has 1 heterocycles. The van der Waals surface area contributed by atoms with E-state index < -0.39 is 23.5 Å². The van der Waals surface area contributed by atoms with Gasteiger partial charge in [0.15, 0.2) is 5.79 Å².